The lowest BCUT2D eigenvalue weighted by molar-refractivity contribution is -0.128. The van der Waals surface area contributed by atoms with Gasteiger partial charge in [0.1, 0.15) is 12.4 Å². The van der Waals surface area contributed by atoms with E-state index in [1.54, 1.807) is 6.08 Å². The Hall–Kier alpha value is -1.81. The molecule has 0 heterocycles. The van der Waals surface area contributed by atoms with Crippen LogP contribution in [0.4, 0.5) is 0 Å². The first kappa shape index (κ1) is 18.0. The minimum Gasteiger partial charge on any atom is -0.489 e. The highest BCUT2D eigenvalue weighted by molar-refractivity contribution is 5.79. The van der Waals surface area contributed by atoms with E-state index >= 15 is 0 Å². The zero-order valence-electron chi connectivity index (χ0n) is 15.5. The molecule has 1 saturated carbocycles. The molecule has 0 aliphatic heterocycles. The van der Waals surface area contributed by atoms with Gasteiger partial charge in [-0.1, -0.05) is 19.6 Å². The summed E-state index contributed by atoms with van der Waals surface area (Å²) in [7, 11) is 0. The number of hydrogen-bond acceptors (Lipinski definition) is 3. The van der Waals surface area contributed by atoms with Crippen LogP contribution >= 0.6 is 0 Å². The fraction of sp³-hybridized carbons (Fsp3) is 0.571. The lowest BCUT2D eigenvalue weighted by atomic mass is 9.72. The molecule has 136 valence electrons. The summed E-state index contributed by atoms with van der Waals surface area (Å²) >= 11 is 0. The van der Waals surface area contributed by atoms with Gasteiger partial charge in [0, 0.05) is 17.9 Å². The smallest absolute Gasteiger partial charge is 0.223 e. The van der Waals surface area contributed by atoms with E-state index in [1.165, 1.54) is 5.56 Å². The van der Waals surface area contributed by atoms with Gasteiger partial charge in [0.15, 0.2) is 0 Å². The van der Waals surface area contributed by atoms with Crippen LogP contribution in [-0.4, -0.2) is 23.7 Å². The summed E-state index contributed by atoms with van der Waals surface area (Å²) in [6.07, 6.45) is 4.98. The predicted octanol–water partition coefficient (Wildman–Crippen LogP) is 3.38. The van der Waals surface area contributed by atoms with E-state index in [0.717, 1.165) is 48.1 Å². The van der Waals surface area contributed by atoms with Crippen molar-refractivity contribution in [1.29, 1.82) is 0 Å². The molecule has 0 spiro atoms. The number of aliphatic hydroxyl groups excluding tert-OH is 1. The Morgan fingerprint density at radius 2 is 2.16 bits per heavy atom. The quantitative estimate of drug-likeness (QED) is 0.779. The lowest BCUT2D eigenvalue weighted by Gasteiger charge is -2.36. The number of hydrogen-bond donors (Lipinski definition) is 2. The first-order chi connectivity index (χ1) is 11.9. The molecule has 0 aromatic heterocycles. The van der Waals surface area contributed by atoms with Crippen LogP contribution in [0.3, 0.4) is 0 Å². The summed E-state index contributed by atoms with van der Waals surface area (Å²) in [5.41, 5.74) is 4.30. The third-order valence-electron chi connectivity index (χ3n) is 5.69. The number of aliphatic hydroxyl groups is 1. The predicted molar refractivity (Wildman–Crippen MR) is 98.7 cm³/mol. The lowest BCUT2D eigenvalue weighted by Crippen LogP contribution is -2.38. The highest BCUT2D eigenvalue weighted by Crippen LogP contribution is 2.44. The van der Waals surface area contributed by atoms with Crippen LogP contribution in [0.5, 0.6) is 5.75 Å². The zero-order valence-corrected chi connectivity index (χ0v) is 15.5. The molecule has 1 amide bonds. The highest BCUT2D eigenvalue weighted by atomic mass is 16.5. The molecule has 1 aromatic rings. The largest absolute Gasteiger partial charge is 0.489 e. The van der Waals surface area contributed by atoms with Crippen LogP contribution in [0.2, 0.25) is 0 Å². The van der Waals surface area contributed by atoms with Crippen molar-refractivity contribution < 1.29 is 14.6 Å². The molecule has 0 radical (unpaired) electrons. The van der Waals surface area contributed by atoms with Crippen LogP contribution in [-0.2, 0) is 11.2 Å². The van der Waals surface area contributed by atoms with Crippen LogP contribution < -0.4 is 10.1 Å². The van der Waals surface area contributed by atoms with E-state index in [1.807, 2.05) is 19.9 Å². The second kappa shape index (κ2) is 7.20. The molecular weight excluding hydrogens is 314 g/mol. The molecule has 1 aromatic carbocycles. The van der Waals surface area contributed by atoms with E-state index in [9.17, 15) is 9.90 Å². The Morgan fingerprint density at radius 1 is 1.44 bits per heavy atom. The molecule has 4 nitrogen and oxygen atoms in total. The Labute approximate surface area is 150 Å². The van der Waals surface area contributed by atoms with Gasteiger partial charge in [-0.3, -0.25) is 4.79 Å². The third kappa shape index (κ3) is 3.59. The second-order valence-electron chi connectivity index (χ2n) is 7.53. The zero-order chi connectivity index (χ0) is 18.1. The molecule has 25 heavy (non-hydrogen) atoms. The van der Waals surface area contributed by atoms with Gasteiger partial charge >= 0.3 is 0 Å². The molecule has 3 atom stereocenters. The van der Waals surface area contributed by atoms with Gasteiger partial charge in [-0.05, 0) is 67.9 Å². The van der Waals surface area contributed by atoms with Gasteiger partial charge < -0.3 is 15.2 Å². The molecule has 4 heteroatoms. The van der Waals surface area contributed by atoms with E-state index in [2.05, 4.69) is 18.8 Å². The molecule has 0 bridgehead atoms. The molecule has 1 fully saturated rings. The van der Waals surface area contributed by atoms with Crippen LogP contribution in [0.25, 0.3) is 0 Å². The number of amides is 1. The Balaban J connectivity index is 1.87. The number of carbonyl (C=O) groups is 1. The fourth-order valence-electron chi connectivity index (χ4n) is 3.96. The van der Waals surface area contributed by atoms with Gasteiger partial charge in [-0.25, -0.2) is 0 Å². The molecule has 0 saturated heterocycles. The average molecular weight is 343 g/mol. The number of rotatable bonds is 6. The summed E-state index contributed by atoms with van der Waals surface area (Å²) in [5.74, 6) is 0.620. The van der Waals surface area contributed by atoms with E-state index in [-0.39, 0.29) is 17.7 Å². The van der Waals surface area contributed by atoms with Crippen molar-refractivity contribution in [3.05, 3.63) is 41.0 Å². The van der Waals surface area contributed by atoms with Gasteiger partial charge in [-0.2, -0.15) is 0 Å². The van der Waals surface area contributed by atoms with E-state index in [4.69, 9.17) is 4.74 Å². The maximum atomic E-state index is 12.5. The van der Waals surface area contributed by atoms with E-state index < -0.39 is 6.10 Å². The molecule has 2 aliphatic carbocycles. The molecule has 2 N–H and O–H groups in total. The first-order valence-corrected chi connectivity index (χ1v) is 9.29. The highest BCUT2D eigenvalue weighted by Gasteiger charge is 2.38. The van der Waals surface area contributed by atoms with E-state index in [0.29, 0.717) is 12.6 Å². The summed E-state index contributed by atoms with van der Waals surface area (Å²) < 4.78 is 5.78. The normalized spacial score (nSPS) is 23.5. The number of benzene rings is 1. The standard InChI is InChI=1S/C21H29NO3/c1-5-10-25-18-11-12(2)16-8-9-17(20(23)19(16)14(18)4)13(3)21(24)22-15-6-7-15/h5,11,13,15,17,20,23H,1,6-10H2,2-4H3,(H,22,24)/t13-,17-,20+/m0/s1. The third-order valence-corrected chi connectivity index (χ3v) is 5.69. The molecule has 3 rings (SSSR count). The number of fused-ring (bicyclic) bond motifs is 1. The van der Waals surface area contributed by atoms with Crippen molar-refractivity contribution in [1.82, 2.24) is 5.32 Å². The Morgan fingerprint density at radius 3 is 2.80 bits per heavy atom. The van der Waals surface area contributed by atoms with Crippen LogP contribution in [0, 0.1) is 25.7 Å². The van der Waals surface area contributed by atoms with Crippen LogP contribution in [0.1, 0.15) is 54.5 Å². The first-order valence-electron chi connectivity index (χ1n) is 9.29. The monoisotopic (exact) mass is 343 g/mol. The summed E-state index contributed by atoms with van der Waals surface area (Å²) in [6.45, 7) is 10.1. The topological polar surface area (TPSA) is 58.6 Å². The average Bonchev–Trinajstić information content (AvgIpc) is 3.40. The van der Waals surface area contributed by atoms with Gasteiger partial charge in [0.2, 0.25) is 5.91 Å². The number of ether oxygens (including phenoxy) is 1. The molecule has 0 unspecified atom stereocenters. The summed E-state index contributed by atoms with van der Waals surface area (Å²) in [5, 5.41) is 14.2. The maximum Gasteiger partial charge on any atom is 0.223 e. The Bertz CT molecular complexity index is 678. The van der Waals surface area contributed by atoms with Crippen LogP contribution in [0.15, 0.2) is 18.7 Å². The fourth-order valence-corrected chi connectivity index (χ4v) is 3.96. The van der Waals surface area contributed by atoms with Crippen molar-refractivity contribution in [3.63, 3.8) is 0 Å². The van der Waals surface area contributed by atoms with Crippen molar-refractivity contribution >= 4 is 5.91 Å². The number of nitrogens with one attached hydrogen (secondary N) is 1. The minimum atomic E-state index is -0.630. The number of carbonyl (C=O) groups excluding carboxylic acids is 1. The summed E-state index contributed by atoms with van der Waals surface area (Å²) in [6, 6.07) is 2.40. The van der Waals surface area contributed by atoms with Crippen molar-refractivity contribution in [3.8, 4) is 5.75 Å². The maximum absolute atomic E-state index is 12.5. The van der Waals surface area contributed by atoms with Gasteiger partial charge in [0.25, 0.3) is 0 Å². The molecular formula is C21H29NO3. The van der Waals surface area contributed by atoms with Crippen molar-refractivity contribution in [2.24, 2.45) is 11.8 Å². The van der Waals surface area contributed by atoms with Crippen molar-refractivity contribution in [2.75, 3.05) is 6.61 Å². The Kier molecular flexibility index (Phi) is 5.19. The molecule has 2 aliphatic rings. The van der Waals surface area contributed by atoms with Gasteiger partial charge in [-0.15, -0.1) is 0 Å². The number of aryl methyl sites for hydroxylation is 1. The SMILES string of the molecule is C=CCOc1cc(C)c2c(c1C)[C@H](O)[C@H]([C@H](C)C(=O)NC1CC1)CC2. The van der Waals surface area contributed by atoms with Gasteiger partial charge in [0.05, 0.1) is 6.10 Å². The summed E-state index contributed by atoms with van der Waals surface area (Å²) in [4.78, 5) is 12.5. The second-order valence-corrected chi connectivity index (χ2v) is 7.53. The minimum absolute atomic E-state index is 0.0565. The van der Waals surface area contributed by atoms with Crippen molar-refractivity contribution in [2.45, 2.75) is 58.6 Å².